The highest BCUT2D eigenvalue weighted by Crippen LogP contribution is 2.11. The second kappa shape index (κ2) is 5.38. The molecule has 0 aliphatic carbocycles. The summed E-state index contributed by atoms with van der Waals surface area (Å²) in [5.41, 5.74) is -0.547. The van der Waals surface area contributed by atoms with Gasteiger partial charge in [0.15, 0.2) is 5.78 Å². The number of carbonyl (C=O) groups is 1. The van der Waals surface area contributed by atoms with E-state index in [0.29, 0.717) is 6.54 Å². The number of hydrogen-bond acceptors (Lipinski definition) is 3. The van der Waals surface area contributed by atoms with Crippen molar-refractivity contribution in [3.05, 3.63) is 35.6 Å². The molecular formula is C13H18FNO2. The van der Waals surface area contributed by atoms with Crippen molar-refractivity contribution in [3.8, 4) is 0 Å². The van der Waals surface area contributed by atoms with Crippen LogP contribution in [0, 0.1) is 5.82 Å². The Bertz CT molecular complexity index is 404. The normalized spacial score (nSPS) is 14.7. The minimum Gasteiger partial charge on any atom is -0.381 e. The Morgan fingerprint density at radius 1 is 1.53 bits per heavy atom. The summed E-state index contributed by atoms with van der Waals surface area (Å²) in [6.45, 7) is 3.55. The summed E-state index contributed by atoms with van der Waals surface area (Å²) in [4.78, 5) is 13.0. The summed E-state index contributed by atoms with van der Waals surface area (Å²) in [5.74, 6) is -0.558. The average molecular weight is 239 g/mol. The van der Waals surface area contributed by atoms with Gasteiger partial charge >= 0.3 is 0 Å². The van der Waals surface area contributed by atoms with Crippen LogP contribution in [0.3, 0.4) is 0 Å². The van der Waals surface area contributed by atoms with Gasteiger partial charge in [-0.05, 0) is 38.6 Å². The van der Waals surface area contributed by atoms with Crippen LogP contribution in [0.5, 0.6) is 0 Å². The van der Waals surface area contributed by atoms with Crippen LogP contribution in [0.4, 0.5) is 4.39 Å². The third-order valence-electron chi connectivity index (χ3n) is 2.68. The molecule has 0 aliphatic rings. The number of hydrogen-bond donors (Lipinski definition) is 1. The van der Waals surface area contributed by atoms with Gasteiger partial charge in [-0.15, -0.1) is 0 Å². The second-order valence-electron chi connectivity index (χ2n) is 4.63. The van der Waals surface area contributed by atoms with E-state index in [1.165, 1.54) is 26.0 Å². The quantitative estimate of drug-likeness (QED) is 0.848. The molecule has 1 N–H and O–H groups in total. The van der Waals surface area contributed by atoms with Crippen LogP contribution in [0.15, 0.2) is 24.3 Å². The lowest BCUT2D eigenvalue weighted by Gasteiger charge is -2.26. The number of aliphatic hydroxyl groups is 1. The molecule has 1 atom stereocenters. The first-order chi connectivity index (χ1) is 7.81. The zero-order valence-corrected chi connectivity index (χ0v) is 10.4. The smallest absolute Gasteiger partial charge is 0.162 e. The van der Waals surface area contributed by atoms with E-state index in [2.05, 4.69) is 0 Å². The maximum Gasteiger partial charge on any atom is 0.162 e. The molecule has 0 spiro atoms. The summed E-state index contributed by atoms with van der Waals surface area (Å²) in [5, 5.41) is 9.83. The maximum absolute atomic E-state index is 13.0. The molecule has 0 fully saturated rings. The van der Waals surface area contributed by atoms with Crippen molar-refractivity contribution in [1.29, 1.82) is 0 Å². The van der Waals surface area contributed by atoms with Crippen LogP contribution >= 0.6 is 0 Å². The molecule has 1 aromatic rings. The first-order valence-electron chi connectivity index (χ1n) is 5.47. The topological polar surface area (TPSA) is 40.5 Å². The van der Waals surface area contributed by atoms with Crippen LogP contribution in [0.25, 0.3) is 0 Å². The fourth-order valence-corrected chi connectivity index (χ4v) is 1.64. The molecule has 0 saturated carbocycles. The summed E-state index contributed by atoms with van der Waals surface area (Å²) in [6, 6.07) is 6.28. The van der Waals surface area contributed by atoms with E-state index in [-0.39, 0.29) is 18.1 Å². The first kappa shape index (κ1) is 13.8. The van der Waals surface area contributed by atoms with Crippen LogP contribution in [-0.2, 0) is 11.3 Å². The van der Waals surface area contributed by atoms with Crippen molar-refractivity contribution in [2.75, 3.05) is 13.6 Å². The molecule has 0 aliphatic heterocycles. The minimum atomic E-state index is -1.36. The van der Waals surface area contributed by atoms with Gasteiger partial charge in [-0.3, -0.25) is 9.69 Å². The van der Waals surface area contributed by atoms with Crippen molar-refractivity contribution in [3.63, 3.8) is 0 Å². The third-order valence-corrected chi connectivity index (χ3v) is 2.68. The molecule has 94 valence electrons. The van der Waals surface area contributed by atoms with Gasteiger partial charge in [-0.2, -0.15) is 0 Å². The summed E-state index contributed by atoms with van der Waals surface area (Å²) >= 11 is 0. The lowest BCUT2D eigenvalue weighted by molar-refractivity contribution is -0.135. The fourth-order valence-electron chi connectivity index (χ4n) is 1.64. The van der Waals surface area contributed by atoms with E-state index < -0.39 is 5.60 Å². The van der Waals surface area contributed by atoms with Gasteiger partial charge in [-0.1, -0.05) is 12.1 Å². The largest absolute Gasteiger partial charge is 0.381 e. The van der Waals surface area contributed by atoms with Crippen LogP contribution in [0.2, 0.25) is 0 Å². The highest BCUT2D eigenvalue weighted by atomic mass is 19.1. The van der Waals surface area contributed by atoms with E-state index in [0.717, 1.165) is 5.56 Å². The lowest BCUT2D eigenvalue weighted by Crippen LogP contribution is -2.44. The Labute approximate surface area is 101 Å². The molecule has 0 amide bonds. The molecule has 3 nitrogen and oxygen atoms in total. The molecular weight excluding hydrogens is 221 g/mol. The number of carbonyl (C=O) groups excluding carboxylic acids is 1. The Morgan fingerprint density at radius 2 is 2.18 bits per heavy atom. The van der Waals surface area contributed by atoms with E-state index in [1.54, 1.807) is 18.0 Å². The van der Waals surface area contributed by atoms with Gasteiger partial charge in [0.2, 0.25) is 0 Å². The minimum absolute atomic E-state index is 0.221. The van der Waals surface area contributed by atoms with Crippen molar-refractivity contribution in [2.24, 2.45) is 0 Å². The monoisotopic (exact) mass is 239 g/mol. The van der Waals surface area contributed by atoms with Crippen LogP contribution in [-0.4, -0.2) is 35.0 Å². The molecule has 0 saturated heterocycles. The number of likely N-dealkylation sites (N-methyl/N-ethyl adjacent to an activating group) is 1. The predicted octanol–water partition coefficient (Wildman–Crippen LogP) is 1.60. The predicted molar refractivity (Wildman–Crippen MR) is 64.0 cm³/mol. The second-order valence-corrected chi connectivity index (χ2v) is 4.63. The summed E-state index contributed by atoms with van der Waals surface area (Å²) in [6.07, 6.45) is 0. The van der Waals surface area contributed by atoms with Gasteiger partial charge in [0.1, 0.15) is 11.4 Å². The first-order valence-corrected chi connectivity index (χ1v) is 5.47. The van der Waals surface area contributed by atoms with E-state index in [4.69, 9.17) is 0 Å². The van der Waals surface area contributed by atoms with Gasteiger partial charge in [-0.25, -0.2) is 4.39 Å². The molecule has 0 aromatic heterocycles. The number of ketones is 1. The molecule has 1 aromatic carbocycles. The number of nitrogens with zero attached hydrogens (tertiary/aromatic N) is 1. The molecule has 17 heavy (non-hydrogen) atoms. The average Bonchev–Trinajstić information content (AvgIpc) is 2.15. The number of halogens is 1. The Morgan fingerprint density at radius 3 is 2.71 bits per heavy atom. The fraction of sp³-hybridized carbons (Fsp3) is 0.462. The molecule has 0 unspecified atom stereocenters. The zero-order chi connectivity index (χ0) is 13.1. The number of rotatable bonds is 5. The van der Waals surface area contributed by atoms with Gasteiger partial charge in [0.25, 0.3) is 0 Å². The van der Waals surface area contributed by atoms with Gasteiger partial charge in [0.05, 0.1) is 0 Å². The van der Waals surface area contributed by atoms with Crippen molar-refractivity contribution >= 4 is 5.78 Å². The maximum atomic E-state index is 13.0. The standard InChI is InChI=1S/C13H18FNO2/c1-10(16)13(2,17)9-15(3)8-11-5-4-6-12(14)7-11/h4-7,17H,8-9H2,1-3H3/t13-/m1/s1. The van der Waals surface area contributed by atoms with E-state index >= 15 is 0 Å². The van der Waals surface area contributed by atoms with Gasteiger partial charge in [0, 0.05) is 13.1 Å². The number of benzene rings is 1. The van der Waals surface area contributed by atoms with Crippen molar-refractivity contribution in [1.82, 2.24) is 4.90 Å². The molecule has 4 heteroatoms. The zero-order valence-electron chi connectivity index (χ0n) is 10.4. The summed E-state index contributed by atoms with van der Waals surface area (Å²) < 4.78 is 13.0. The van der Waals surface area contributed by atoms with Crippen molar-refractivity contribution < 1.29 is 14.3 Å². The molecule has 1 rings (SSSR count). The molecule has 0 heterocycles. The number of Topliss-reactive ketones (excluding diaryl/α,β-unsaturated/α-hetero) is 1. The van der Waals surface area contributed by atoms with Crippen LogP contribution < -0.4 is 0 Å². The molecule has 0 bridgehead atoms. The van der Waals surface area contributed by atoms with Crippen molar-refractivity contribution in [2.45, 2.75) is 26.0 Å². The highest BCUT2D eigenvalue weighted by Gasteiger charge is 2.27. The van der Waals surface area contributed by atoms with Crippen LogP contribution in [0.1, 0.15) is 19.4 Å². The Balaban J connectivity index is 2.61. The SMILES string of the molecule is CC(=O)[C@](C)(O)CN(C)Cc1cccc(F)c1. The Kier molecular flexibility index (Phi) is 4.37. The summed E-state index contributed by atoms with van der Waals surface area (Å²) in [7, 11) is 1.78. The van der Waals surface area contributed by atoms with E-state index in [1.807, 2.05) is 6.07 Å². The lowest BCUT2D eigenvalue weighted by atomic mass is 10.0. The highest BCUT2D eigenvalue weighted by molar-refractivity contribution is 5.84. The van der Waals surface area contributed by atoms with Gasteiger partial charge < -0.3 is 5.11 Å². The third kappa shape index (κ3) is 4.24. The Hall–Kier alpha value is -1.26. The van der Waals surface area contributed by atoms with E-state index in [9.17, 15) is 14.3 Å². The molecule has 0 radical (unpaired) electrons.